The molecule has 2 rings (SSSR count). The van der Waals surface area contributed by atoms with Gasteiger partial charge in [-0.05, 0) is 32.4 Å². The molecule has 1 aromatic rings. The van der Waals surface area contributed by atoms with Gasteiger partial charge in [-0.25, -0.2) is 0 Å². The van der Waals surface area contributed by atoms with Gasteiger partial charge in [0.25, 0.3) is 0 Å². The van der Waals surface area contributed by atoms with Crippen molar-refractivity contribution in [3.63, 3.8) is 0 Å². The van der Waals surface area contributed by atoms with Crippen molar-refractivity contribution >= 4 is 17.1 Å². The minimum absolute atomic E-state index is 0.428. The number of hydrogen-bond donors (Lipinski definition) is 1. The summed E-state index contributed by atoms with van der Waals surface area (Å²) in [5.41, 5.74) is 5.26. The molecule has 21 heavy (non-hydrogen) atoms. The van der Waals surface area contributed by atoms with Crippen molar-refractivity contribution in [1.82, 2.24) is 5.01 Å². The summed E-state index contributed by atoms with van der Waals surface area (Å²) in [6.45, 7) is 6.63. The Hall–Kier alpha value is -2.04. The highest BCUT2D eigenvalue weighted by molar-refractivity contribution is 6.41. The largest absolute Gasteiger partial charge is 0.391 e. The predicted molar refractivity (Wildman–Crippen MR) is 87.9 cm³/mol. The fraction of sp³-hybridized carbons (Fsp3) is 0.500. The van der Waals surface area contributed by atoms with Crippen molar-refractivity contribution in [2.75, 3.05) is 19.4 Å². The van der Waals surface area contributed by atoms with E-state index in [4.69, 9.17) is 4.84 Å². The standard InChI is InChI=1S/C16H24N4O/c1-11-7-6-8-15(17-4)14(11)10-21-19-13(3)16-9-12(2)20(5)18-16/h6-8,12,17H,9-10H2,1-5H3/t12-/m0/s1. The van der Waals surface area contributed by atoms with E-state index in [0.29, 0.717) is 12.6 Å². The molecule has 1 aliphatic heterocycles. The summed E-state index contributed by atoms with van der Waals surface area (Å²) in [5.74, 6) is 0. The van der Waals surface area contributed by atoms with Gasteiger partial charge in [0.05, 0.1) is 11.4 Å². The maximum atomic E-state index is 5.54. The Morgan fingerprint density at radius 3 is 2.90 bits per heavy atom. The lowest BCUT2D eigenvalue weighted by Crippen LogP contribution is -2.18. The molecule has 114 valence electrons. The van der Waals surface area contributed by atoms with Crippen LogP contribution in [0.2, 0.25) is 0 Å². The van der Waals surface area contributed by atoms with Crippen molar-refractivity contribution < 1.29 is 4.84 Å². The summed E-state index contributed by atoms with van der Waals surface area (Å²) < 4.78 is 0. The lowest BCUT2D eigenvalue weighted by molar-refractivity contribution is 0.131. The molecule has 5 nitrogen and oxygen atoms in total. The molecule has 0 radical (unpaired) electrons. The second kappa shape index (κ2) is 6.61. The number of hydrogen-bond acceptors (Lipinski definition) is 5. The van der Waals surface area contributed by atoms with Gasteiger partial charge >= 0.3 is 0 Å². The van der Waals surface area contributed by atoms with Crippen LogP contribution in [0.15, 0.2) is 28.5 Å². The zero-order valence-corrected chi connectivity index (χ0v) is 13.5. The van der Waals surface area contributed by atoms with E-state index in [9.17, 15) is 0 Å². The number of hydrazone groups is 1. The van der Waals surface area contributed by atoms with Crippen LogP contribution in [0.4, 0.5) is 5.69 Å². The van der Waals surface area contributed by atoms with Crippen LogP contribution < -0.4 is 5.32 Å². The van der Waals surface area contributed by atoms with E-state index >= 15 is 0 Å². The SMILES string of the molecule is CNc1cccc(C)c1CON=C(C)C1=NN(C)[C@@H](C)C1. The first-order chi connectivity index (χ1) is 10.0. The van der Waals surface area contributed by atoms with Crippen LogP contribution in [0.25, 0.3) is 0 Å². The molecule has 0 aliphatic carbocycles. The quantitative estimate of drug-likeness (QED) is 0.669. The number of nitrogens with zero attached hydrogens (tertiary/aromatic N) is 3. The monoisotopic (exact) mass is 288 g/mol. The van der Waals surface area contributed by atoms with Gasteiger partial charge in [0.1, 0.15) is 6.61 Å². The van der Waals surface area contributed by atoms with Gasteiger partial charge in [0, 0.05) is 37.8 Å². The Balaban J connectivity index is 2.01. The normalized spacial score (nSPS) is 18.7. The predicted octanol–water partition coefficient (Wildman–Crippen LogP) is 3.01. The first-order valence-corrected chi connectivity index (χ1v) is 7.26. The molecular weight excluding hydrogens is 264 g/mol. The summed E-state index contributed by atoms with van der Waals surface area (Å²) in [7, 11) is 3.90. The molecule has 0 saturated carbocycles. The molecule has 0 saturated heterocycles. The van der Waals surface area contributed by atoms with Gasteiger partial charge < -0.3 is 10.2 Å². The number of benzene rings is 1. The van der Waals surface area contributed by atoms with Crippen molar-refractivity contribution in [2.24, 2.45) is 10.3 Å². The summed E-state index contributed by atoms with van der Waals surface area (Å²) in [5, 5.41) is 13.8. The zero-order valence-electron chi connectivity index (χ0n) is 13.5. The fourth-order valence-corrected chi connectivity index (χ4v) is 2.34. The molecule has 0 fully saturated rings. The van der Waals surface area contributed by atoms with Crippen molar-refractivity contribution in [2.45, 2.75) is 39.8 Å². The zero-order chi connectivity index (χ0) is 15.4. The van der Waals surface area contributed by atoms with E-state index in [0.717, 1.165) is 29.1 Å². The molecule has 0 amide bonds. The van der Waals surface area contributed by atoms with Crippen LogP contribution in [-0.2, 0) is 11.4 Å². The Labute approximate surface area is 126 Å². The van der Waals surface area contributed by atoms with Crippen LogP contribution in [0.5, 0.6) is 0 Å². The first-order valence-electron chi connectivity index (χ1n) is 7.26. The third-order valence-corrected chi connectivity index (χ3v) is 3.91. The van der Waals surface area contributed by atoms with Crippen molar-refractivity contribution in [3.8, 4) is 0 Å². The summed E-state index contributed by atoms with van der Waals surface area (Å²) >= 11 is 0. The minimum Gasteiger partial charge on any atom is -0.391 e. The summed E-state index contributed by atoms with van der Waals surface area (Å²) in [4.78, 5) is 5.54. The van der Waals surface area contributed by atoms with Gasteiger partial charge in [0.15, 0.2) is 0 Å². The number of anilines is 1. The fourth-order valence-electron chi connectivity index (χ4n) is 2.34. The van der Waals surface area contributed by atoms with E-state index in [1.54, 1.807) is 0 Å². The van der Waals surface area contributed by atoms with E-state index in [1.165, 1.54) is 5.56 Å². The average molecular weight is 288 g/mol. The number of rotatable bonds is 5. The molecule has 0 spiro atoms. The maximum absolute atomic E-state index is 5.54. The number of oxime groups is 1. The van der Waals surface area contributed by atoms with Crippen molar-refractivity contribution in [1.29, 1.82) is 0 Å². The van der Waals surface area contributed by atoms with Crippen LogP contribution in [0.3, 0.4) is 0 Å². The molecule has 1 aromatic carbocycles. The van der Waals surface area contributed by atoms with Gasteiger partial charge in [-0.15, -0.1) is 0 Å². The van der Waals surface area contributed by atoms with Gasteiger partial charge in [0.2, 0.25) is 0 Å². The summed E-state index contributed by atoms with van der Waals surface area (Å²) in [6, 6.07) is 6.58. The van der Waals surface area contributed by atoms with Gasteiger partial charge in [-0.2, -0.15) is 5.10 Å². The Kier molecular flexibility index (Phi) is 4.83. The summed E-state index contributed by atoms with van der Waals surface area (Å²) in [6.07, 6.45) is 0.918. The minimum atomic E-state index is 0.428. The third kappa shape index (κ3) is 3.54. The van der Waals surface area contributed by atoms with Crippen LogP contribution in [-0.4, -0.2) is 36.6 Å². The van der Waals surface area contributed by atoms with E-state index in [1.807, 2.05) is 38.2 Å². The number of aryl methyl sites for hydroxylation is 1. The third-order valence-electron chi connectivity index (χ3n) is 3.91. The highest BCUT2D eigenvalue weighted by Gasteiger charge is 2.21. The molecule has 1 heterocycles. The van der Waals surface area contributed by atoms with Crippen molar-refractivity contribution in [3.05, 3.63) is 29.3 Å². The Morgan fingerprint density at radius 2 is 2.29 bits per heavy atom. The highest BCUT2D eigenvalue weighted by atomic mass is 16.6. The molecule has 1 aliphatic rings. The van der Waals surface area contributed by atoms with E-state index in [-0.39, 0.29) is 0 Å². The van der Waals surface area contributed by atoms with Crippen LogP contribution in [0.1, 0.15) is 31.4 Å². The molecule has 0 bridgehead atoms. The van der Waals surface area contributed by atoms with Crippen LogP contribution >= 0.6 is 0 Å². The smallest absolute Gasteiger partial charge is 0.144 e. The Morgan fingerprint density at radius 1 is 1.52 bits per heavy atom. The molecule has 1 atom stereocenters. The molecular formula is C16H24N4O. The Bertz CT molecular complexity index is 565. The number of nitrogens with one attached hydrogen (secondary N) is 1. The molecule has 5 heteroatoms. The maximum Gasteiger partial charge on any atom is 0.144 e. The average Bonchev–Trinajstić information content (AvgIpc) is 2.80. The first kappa shape index (κ1) is 15.4. The van der Waals surface area contributed by atoms with Gasteiger partial charge in [-0.1, -0.05) is 17.3 Å². The van der Waals surface area contributed by atoms with E-state index in [2.05, 4.69) is 35.5 Å². The van der Waals surface area contributed by atoms with Gasteiger partial charge in [-0.3, -0.25) is 5.01 Å². The second-order valence-electron chi connectivity index (χ2n) is 5.47. The highest BCUT2D eigenvalue weighted by Crippen LogP contribution is 2.20. The second-order valence-corrected chi connectivity index (χ2v) is 5.47. The lowest BCUT2D eigenvalue weighted by Gasteiger charge is -2.11. The molecule has 0 aromatic heterocycles. The van der Waals surface area contributed by atoms with Crippen LogP contribution in [0, 0.1) is 6.92 Å². The molecule has 1 N–H and O–H groups in total. The van der Waals surface area contributed by atoms with E-state index < -0.39 is 0 Å². The topological polar surface area (TPSA) is 49.2 Å². The molecule has 0 unspecified atom stereocenters. The lowest BCUT2D eigenvalue weighted by atomic mass is 10.1.